The van der Waals surface area contributed by atoms with Crippen LogP contribution >= 0.6 is 15.9 Å². The molecule has 2 bridgehead atoms. The molecular weight excluding hydrogens is 592 g/mol. The van der Waals surface area contributed by atoms with Gasteiger partial charge < -0.3 is 15.4 Å². The first-order valence-electron chi connectivity index (χ1n) is 13.4. The zero-order chi connectivity index (χ0) is 28.4. The van der Waals surface area contributed by atoms with Gasteiger partial charge in [-0.15, -0.1) is 0 Å². The van der Waals surface area contributed by atoms with Crippen molar-refractivity contribution in [3.05, 3.63) is 58.6 Å². The smallest absolute Gasteiger partial charge is 0.298 e. The zero-order valence-corrected chi connectivity index (χ0v) is 24.6. The number of carbonyl (C=O) groups is 1. The maximum absolute atomic E-state index is 16.0. The Hall–Kier alpha value is -2.08. The summed E-state index contributed by atoms with van der Waals surface area (Å²) in [5, 5.41) is 0. The van der Waals surface area contributed by atoms with Crippen molar-refractivity contribution in [3.8, 4) is 5.75 Å². The van der Waals surface area contributed by atoms with Crippen LogP contribution in [0, 0.1) is 5.92 Å². The number of hydrogen-bond donors (Lipinski definition) is 2. The highest BCUT2D eigenvalue weighted by molar-refractivity contribution is 9.10. The van der Waals surface area contributed by atoms with Gasteiger partial charge in [0.25, 0.3) is 5.92 Å². The minimum absolute atomic E-state index is 0.112. The molecule has 4 rings (SSSR count). The number of carbonyl (C=O) groups excluding carboxylic acids is 1. The molecule has 2 saturated heterocycles. The lowest BCUT2D eigenvalue weighted by Crippen LogP contribution is -2.60. The van der Waals surface area contributed by atoms with Crippen LogP contribution in [0.1, 0.15) is 57.9 Å². The molecule has 39 heavy (non-hydrogen) atoms. The molecule has 214 valence electrons. The van der Waals surface area contributed by atoms with Crippen LogP contribution in [0.3, 0.4) is 0 Å². The van der Waals surface area contributed by atoms with E-state index in [0.717, 1.165) is 12.8 Å². The highest BCUT2D eigenvalue weighted by Crippen LogP contribution is 2.40. The third kappa shape index (κ3) is 6.64. The molecule has 7 nitrogen and oxygen atoms in total. The van der Waals surface area contributed by atoms with Gasteiger partial charge >= 0.3 is 0 Å². The number of hydrogen-bond acceptors (Lipinski definition) is 5. The van der Waals surface area contributed by atoms with E-state index < -0.39 is 33.5 Å². The molecule has 3 atom stereocenters. The molecule has 0 aliphatic carbocycles. The normalized spacial score (nSPS) is 22.2. The lowest BCUT2D eigenvalue weighted by atomic mass is 9.95. The van der Waals surface area contributed by atoms with E-state index >= 15 is 8.78 Å². The summed E-state index contributed by atoms with van der Waals surface area (Å²) < 4.78 is 67.2. The maximum Gasteiger partial charge on any atom is 0.298 e. The number of piperidine rings is 1. The molecule has 0 radical (unpaired) electrons. The lowest BCUT2D eigenvalue weighted by Gasteiger charge is -2.41. The SMILES string of the molecule is CCC(CC)COc1ccc(S(=O)(=O)N[C@@H](C(=O)N2C3CCC2CC(N)C3)C(F)(F)c2ccc(Br)cc2)cc1. The van der Waals surface area contributed by atoms with Crippen LogP contribution in [0.15, 0.2) is 57.9 Å². The topological polar surface area (TPSA) is 102 Å². The van der Waals surface area contributed by atoms with Gasteiger partial charge in [0.15, 0.2) is 6.04 Å². The average molecular weight is 629 g/mol. The summed E-state index contributed by atoms with van der Waals surface area (Å²) in [5.41, 5.74) is 5.66. The van der Waals surface area contributed by atoms with E-state index in [-0.39, 0.29) is 23.0 Å². The van der Waals surface area contributed by atoms with Crippen LogP contribution in [-0.2, 0) is 20.7 Å². The van der Waals surface area contributed by atoms with Crippen LogP contribution in [-0.4, -0.2) is 50.0 Å². The second kappa shape index (κ2) is 12.2. The Balaban J connectivity index is 1.62. The molecular formula is C28H36BrF2N3O4S. The number of halogens is 3. The fourth-order valence-electron chi connectivity index (χ4n) is 5.52. The number of ether oxygens (including phenoxy) is 1. The Morgan fingerprint density at radius 1 is 1.08 bits per heavy atom. The molecule has 11 heteroatoms. The second-order valence-corrected chi connectivity index (χ2v) is 13.1. The average Bonchev–Trinajstić information content (AvgIpc) is 3.18. The summed E-state index contributed by atoms with van der Waals surface area (Å²) in [4.78, 5) is 15.0. The Labute approximate surface area is 237 Å². The third-order valence-corrected chi connectivity index (χ3v) is 9.88. The number of fused-ring (bicyclic) bond motifs is 2. The number of amides is 1. The summed E-state index contributed by atoms with van der Waals surface area (Å²) in [6, 6.07) is 7.81. The minimum Gasteiger partial charge on any atom is -0.493 e. The molecule has 2 heterocycles. The molecule has 2 fully saturated rings. The number of nitrogens with zero attached hydrogens (tertiary/aromatic N) is 1. The Morgan fingerprint density at radius 2 is 1.64 bits per heavy atom. The first-order valence-corrected chi connectivity index (χ1v) is 15.7. The number of benzene rings is 2. The first kappa shape index (κ1) is 29.9. The van der Waals surface area contributed by atoms with Crippen molar-refractivity contribution in [2.75, 3.05) is 6.61 Å². The zero-order valence-electron chi connectivity index (χ0n) is 22.2. The second-order valence-electron chi connectivity index (χ2n) is 10.5. The van der Waals surface area contributed by atoms with Crippen molar-refractivity contribution in [2.24, 2.45) is 11.7 Å². The fraction of sp³-hybridized carbons (Fsp3) is 0.536. The van der Waals surface area contributed by atoms with Crippen LogP contribution in [0.2, 0.25) is 0 Å². The van der Waals surface area contributed by atoms with Crippen molar-refractivity contribution in [3.63, 3.8) is 0 Å². The third-order valence-electron chi connectivity index (χ3n) is 7.91. The monoisotopic (exact) mass is 627 g/mol. The van der Waals surface area contributed by atoms with Crippen LogP contribution in [0.4, 0.5) is 8.78 Å². The summed E-state index contributed by atoms with van der Waals surface area (Å²) in [7, 11) is -4.49. The predicted molar refractivity (Wildman–Crippen MR) is 149 cm³/mol. The van der Waals surface area contributed by atoms with E-state index in [2.05, 4.69) is 34.5 Å². The van der Waals surface area contributed by atoms with Gasteiger partial charge in [-0.05, 0) is 68.0 Å². The number of alkyl halides is 2. The quantitative estimate of drug-likeness (QED) is 0.357. The van der Waals surface area contributed by atoms with Crippen molar-refractivity contribution in [1.82, 2.24) is 9.62 Å². The van der Waals surface area contributed by atoms with Gasteiger partial charge in [0.1, 0.15) is 5.75 Å². The van der Waals surface area contributed by atoms with E-state index in [9.17, 15) is 13.2 Å². The molecule has 0 aromatic heterocycles. The maximum atomic E-state index is 16.0. The van der Waals surface area contributed by atoms with E-state index in [0.29, 0.717) is 48.4 Å². The van der Waals surface area contributed by atoms with Gasteiger partial charge in [-0.3, -0.25) is 4.79 Å². The molecule has 0 spiro atoms. The summed E-state index contributed by atoms with van der Waals surface area (Å²) in [5.74, 6) is -3.89. The molecule has 1 amide bonds. The van der Waals surface area contributed by atoms with Crippen LogP contribution < -0.4 is 15.2 Å². The Morgan fingerprint density at radius 3 is 2.18 bits per heavy atom. The van der Waals surface area contributed by atoms with E-state index in [1.807, 2.05) is 0 Å². The first-order chi connectivity index (χ1) is 18.5. The molecule has 0 saturated carbocycles. The number of nitrogens with two attached hydrogens (primary N) is 1. The van der Waals surface area contributed by atoms with Gasteiger partial charge in [-0.25, -0.2) is 8.42 Å². The van der Waals surface area contributed by atoms with Crippen molar-refractivity contribution in [1.29, 1.82) is 0 Å². The van der Waals surface area contributed by atoms with Gasteiger partial charge in [0, 0.05) is 28.2 Å². The van der Waals surface area contributed by atoms with E-state index in [1.54, 1.807) is 0 Å². The van der Waals surface area contributed by atoms with Crippen LogP contribution in [0.5, 0.6) is 5.75 Å². The van der Waals surface area contributed by atoms with E-state index in [1.165, 1.54) is 53.4 Å². The largest absolute Gasteiger partial charge is 0.493 e. The molecule has 2 aliphatic heterocycles. The number of nitrogens with one attached hydrogen (secondary N) is 1. The van der Waals surface area contributed by atoms with E-state index in [4.69, 9.17) is 10.5 Å². The molecule has 2 aliphatic rings. The molecule has 2 aromatic rings. The van der Waals surface area contributed by atoms with Crippen molar-refractivity contribution < 1.29 is 26.7 Å². The van der Waals surface area contributed by atoms with Crippen molar-refractivity contribution in [2.45, 2.75) is 87.4 Å². The number of rotatable bonds is 11. The minimum atomic E-state index is -4.49. The standard InChI is InChI=1S/C28H36BrF2N3O4S/c1-3-18(4-2)17-38-24-11-13-25(14-12-24)39(36,37)33-26(28(30,31)19-5-7-20(29)8-6-19)27(35)34-22-9-10-23(34)16-21(32)15-22/h5-8,11-14,18,21-23,26,33H,3-4,9-10,15-17,32H2,1-2H3/t21?,22?,23?,26-/m0/s1. The lowest BCUT2D eigenvalue weighted by molar-refractivity contribution is -0.149. The summed E-state index contributed by atoms with van der Waals surface area (Å²) in [6.07, 6.45) is 4.24. The summed E-state index contributed by atoms with van der Waals surface area (Å²) in [6.45, 7) is 4.64. The highest BCUT2D eigenvalue weighted by Gasteiger charge is 2.53. The van der Waals surface area contributed by atoms with Gasteiger partial charge in [-0.1, -0.05) is 54.8 Å². The molecule has 2 unspecified atom stereocenters. The van der Waals surface area contributed by atoms with Gasteiger partial charge in [0.05, 0.1) is 11.5 Å². The summed E-state index contributed by atoms with van der Waals surface area (Å²) >= 11 is 3.23. The van der Waals surface area contributed by atoms with Crippen LogP contribution in [0.25, 0.3) is 0 Å². The molecule has 2 aromatic carbocycles. The Kier molecular flexibility index (Phi) is 9.35. The highest BCUT2D eigenvalue weighted by atomic mass is 79.9. The fourth-order valence-corrected chi connectivity index (χ4v) is 6.98. The number of sulfonamides is 1. The van der Waals surface area contributed by atoms with Gasteiger partial charge in [0.2, 0.25) is 15.9 Å². The van der Waals surface area contributed by atoms with Gasteiger partial charge in [-0.2, -0.15) is 13.5 Å². The Bertz CT molecular complexity index is 1230. The molecule has 3 N–H and O–H groups in total. The van der Waals surface area contributed by atoms with Crippen molar-refractivity contribution >= 4 is 31.9 Å². The predicted octanol–water partition coefficient (Wildman–Crippen LogP) is 5.18.